The average Bonchev–Trinajstić information content (AvgIpc) is 2.42. The van der Waals surface area contributed by atoms with Crippen molar-refractivity contribution >= 4 is 16.9 Å². The van der Waals surface area contributed by atoms with E-state index in [0.717, 1.165) is 16.3 Å². The van der Waals surface area contributed by atoms with Crippen LogP contribution in [0.5, 0.6) is 0 Å². The molecule has 0 atom stereocenters. The van der Waals surface area contributed by atoms with Gasteiger partial charge in [-0.3, -0.25) is 4.98 Å². The first-order chi connectivity index (χ1) is 9.96. The van der Waals surface area contributed by atoms with Crippen molar-refractivity contribution in [3.63, 3.8) is 0 Å². The molecule has 0 radical (unpaired) electrons. The number of rotatable bonds is 1. The van der Waals surface area contributed by atoms with Gasteiger partial charge in [-0.05, 0) is 32.9 Å². The average molecular weight is 282 g/mol. The van der Waals surface area contributed by atoms with Crippen LogP contribution in [0.25, 0.3) is 10.8 Å². The van der Waals surface area contributed by atoms with E-state index in [1.165, 1.54) is 0 Å². The lowest BCUT2D eigenvalue weighted by Crippen LogP contribution is -2.32. The van der Waals surface area contributed by atoms with E-state index in [1.54, 1.807) is 12.4 Å². The molecule has 1 N–H and O–H groups in total. The number of benzene rings is 1. The Morgan fingerprint density at radius 1 is 1.33 bits per heavy atom. The number of alkyl carbamates (subject to hydrolysis) is 1. The summed E-state index contributed by atoms with van der Waals surface area (Å²) in [6.45, 7) is 5.71. The number of amides is 1. The molecule has 4 nitrogen and oxygen atoms in total. The largest absolute Gasteiger partial charge is 0.444 e. The van der Waals surface area contributed by atoms with Gasteiger partial charge in [0.15, 0.2) is 0 Å². The summed E-state index contributed by atoms with van der Waals surface area (Å²) < 4.78 is 5.13. The molecule has 21 heavy (non-hydrogen) atoms. The molecule has 0 spiro atoms. The van der Waals surface area contributed by atoms with E-state index in [4.69, 9.17) is 4.74 Å². The van der Waals surface area contributed by atoms with E-state index >= 15 is 0 Å². The minimum atomic E-state index is -0.500. The van der Waals surface area contributed by atoms with E-state index in [0.29, 0.717) is 0 Å². The van der Waals surface area contributed by atoms with Crippen LogP contribution in [0.3, 0.4) is 0 Å². The van der Waals surface area contributed by atoms with Crippen molar-refractivity contribution in [3.05, 3.63) is 42.2 Å². The Kier molecular flexibility index (Phi) is 4.44. The Labute approximate surface area is 124 Å². The maximum absolute atomic E-state index is 11.5. The zero-order chi connectivity index (χ0) is 15.3. The minimum absolute atomic E-state index is 0.246. The van der Waals surface area contributed by atoms with Crippen LogP contribution in [-0.2, 0) is 4.74 Å². The third kappa shape index (κ3) is 4.50. The van der Waals surface area contributed by atoms with Gasteiger partial charge in [0, 0.05) is 28.7 Å². The van der Waals surface area contributed by atoms with Crippen molar-refractivity contribution in [2.75, 3.05) is 6.54 Å². The summed E-state index contributed by atoms with van der Waals surface area (Å²) in [7, 11) is 0. The maximum atomic E-state index is 11.5. The Hall–Kier alpha value is -2.54. The molecule has 0 aliphatic carbocycles. The first-order valence-electron chi connectivity index (χ1n) is 6.74. The first kappa shape index (κ1) is 14.9. The Balaban J connectivity index is 2.01. The molecule has 1 amide bonds. The predicted molar refractivity (Wildman–Crippen MR) is 82.9 cm³/mol. The highest BCUT2D eigenvalue weighted by Crippen LogP contribution is 2.16. The quantitative estimate of drug-likeness (QED) is 0.818. The number of nitrogens with one attached hydrogen (secondary N) is 1. The SMILES string of the molecule is CC(C)(C)OC(=O)NCC#Cc1cccc2cnccc12. The molecule has 1 aromatic carbocycles. The summed E-state index contributed by atoms with van der Waals surface area (Å²) in [5, 5.41) is 4.71. The van der Waals surface area contributed by atoms with Crippen LogP contribution < -0.4 is 5.32 Å². The summed E-state index contributed by atoms with van der Waals surface area (Å²) in [5.41, 5.74) is 0.418. The van der Waals surface area contributed by atoms with Crippen molar-refractivity contribution in [1.29, 1.82) is 0 Å². The van der Waals surface area contributed by atoms with Crippen LogP contribution in [0, 0.1) is 11.8 Å². The van der Waals surface area contributed by atoms with Crippen LogP contribution in [0.2, 0.25) is 0 Å². The highest BCUT2D eigenvalue weighted by Gasteiger charge is 2.14. The fraction of sp³-hybridized carbons (Fsp3) is 0.294. The van der Waals surface area contributed by atoms with Gasteiger partial charge in [-0.15, -0.1) is 0 Å². The van der Waals surface area contributed by atoms with Crippen LogP contribution in [0.1, 0.15) is 26.3 Å². The topological polar surface area (TPSA) is 51.2 Å². The van der Waals surface area contributed by atoms with Crippen LogP contribution in [0.4, 0.5) is 4.79 Å². The number of carbonyl (C=O) groups excluding carboxylic acids is 1. The zero-order valence-corrected chi connectivity index (χ0v) is 12.4. The van der Waals surface area contributed by atoms with Gasteiger partial charge in [-0.25, -0.2) is 4.79 Å². The molecule has 0 bridgehead atoms. The number of carbonyl (C=O) groups is 1. The van der Waals surface area contributed by atoms with Crippen molar-refractivity contribution in [2.24, 2.45) is 0 Å². The summed E-state index contributed by atoms with van der Waals surface area (Å²) in [6, 6.07) is 7.81. The minimum Gasteiger partial charge on any atom is -0.444 e. The number of nitrogens with zero attached hydrogens (tertiary/aromatic N) is 1. The number of aromatic nitrogens is 1. The number of ether oxygens (including phenoxy) is 1. The molecule has 0 fully saturated rings. The van der Waals surface area contributed by atoms with E-state index in [9.17, 15) is 4.79 Å². The van der Waals surface area contributed by atoms with Crippen molar-refractivity contribution in [2.45, 2.75) is 26.4 Å². The lowest BCUT2D eigenvalue weighted by molar-refractivity contribution is 0.0535. The summed E-state index contributed by atoms with van der Waals surface area (Å²) in [4.78, 5) is 15.6. The maximum Gasteiger partial charge on any atom is 0.408 e. The Bertz CT molecular complexity index is 701. The molecule has 0 saturated carbocycles. The van der Waals surface area contributed by atoms with Gasteiger partial charge in [0.25, 0.3) is 0 Å². The Morgan fingerprint density at radius 2 is 2.14 bits per heavy atom. The van der Waals surface area contributed by atoms with Gasteiger partial charge in [-0.1, -0.05) is 24.0 Å². The number of hydrogen-bond donors (Lipinski definition) is 1. The van der Waals surface area contributed by atoms with E-state index in [1.807, 2.05) is 45.0 Å². The van der Waals surface area contributed by atoms with Crippen molar-refractivity contribution in [1.82, 2.24) is 10.3 Å². The van der Waals surface area contributed by atoms with E-state index < -0.39 is 11.7 Å². The van der Waals surface area contributed by atoms with E-state index in [2.05, 4.69) is 22.1 Å². The third-order valence-electron chi connectivity index (χ3n) is 2.62. The molecule has 108 valence electrons. The second-order valence-electron chi connectivity index (χ2n) is 5.56. The summed E-state index contributed by atoms with van der Waals surface area (Å²) in [6.07, 6.45) is 3.09. The third-order valence-corrected chi connectivity index (χ3v) is 2.62. The number of hydrogen-bond acceptors (Lipinski definition) is 3. The van der Waals surface area contributed by atoms with Crippen LogP contribution >= 0.6 is 0 Å². The monoisotopic (exact) mass is 282 g/mol. The highest BCUT2D eigenvalue weighted by atomic mass is 16.6. The summed E-state index contributed by atoms with van der Waals surface area (Å²) >= 11 is 0. The van der Waals surface area contributed by atoms with Gasteiger partial charge in [-0.2, -0.15) is 0 Å². The van der Waals surface area contributed by atoms with Gasteiger partial charge in [0.2, 0.25) is 0 Å². The number of fused-ring (bicyclic) bond motifs is 1. The van der Waals surface area contributed by atoms with Gasteiger partial charge in [0.05, 0.1) is 6.54 Å². The molecule has 0 unspecified atom stereocenters. The van der Waals surface area contributed by atoms with Crippen molar-refractivity contribution in [3.8, 4) is 11.8 Å². The second-order valence-corrected chi connectivity index (χ2v) is 5.56. The zero-order valence-electron chi connectivity index (χ0n) is 12.4. The molecule has 1 heterocycles. The van der Waals surface area contributed by atoms with Crippen molar-refractivity contribution < 1.29 is 9.53 Å². The molecule has 0 aliphatic heterocycles. The number of pyridine rings is 1. The highest BCUT2D eigenvalue weighted by molar-refractivity contribution is 5.87. The Morgan fingerprint density at radius 3 is 2.90 bits per heavy atom. The molecule has 0 saturated heterocycles. The molecule has 2 rings (SSSR count). The molecule has 0 aliphatic rings. The second kappa shape index (κ2) is 6.27. The lowest BCUT2D eigenvalue weighted by Gasteiger charge is -2.19. The fourth-order valence-electron chi connectivity index (χ4n) is 1.80. The molecule has 2 aromatic rings. The summed E-state index contributed by atoms with van der Waals surface area (Å²) in [5.74, 6) is 5.99. The first-order valence-corrected chi connectivity index (χ1v) is 6.74. The molecule has 1 aromatic heterocycles. The molecular weight excluding hydrogens is 264 g/mol. The van der Waals surface area contributed by atoms with Gasteiger partial charge < -0.3 is 10.1 Å². The van der Waals surface area contributed by atoms with Gasteiger partial charge in [0.1, 0.15) is 5.60 Å². The smallest absolute Gasteiger partial charge is 0.408 e. The van der Waals surface area contributed by atoms with Crippen LogP contribution in [-0.4, -0.2) is 23.2 Å². The van der Waals surface area contributed by atoms with Crippen LogP contribution in [0.15, 0.2) is 36.7 Å². The lowest BCUT2D eigenvalue weighted by atomic mass is 10.1. The van der Waals surface area contributed by atoms with Gasteiger partial charge >= 0.3 is 6.09 Å². The standard InChI is InChI=1S/C17H18N2O2/c1-17(2,3)21-16(20)19-10-5-8-13-6-4-7-14-12-18-11-9-15(13)14/h4,6-7,9,11-12H,10H2,1-3H3,(H,19,20). The fourth-order valence-corrected chi connectivity index (χ4v) is 1.80. The predicted octanol–water partition coefficient (Wildman–Crippen LogP) is 3.11. The molecular formula is C17H18N2O2. The van der Waals surface area contributed by atoms with E-state index in [-0.39, 0.29) is 6.54 Å². The molecule has 4 heteroatoms. The normalized spacial score (nSPS) is 10.6.